The second kappa shape index (κ2) is 8.03. The average Bonchev–Trinajstić information content (AvgIpc) is 2.48. The molecule has 2 N–H and O–H groups in total. The van der Waals surface area contributed by atoms with Crippen LogP contribution in [0, 0.1) is 6.92 Å². The predicted octanol–water partition coefficient (Wildman–Crippen LogP) is 2.44. The maximum Gasteiger partial charge on any atom is 0.0813 e. The third-order valence-electron chi connectivity index (χ3n) is 3.75. The van der Waals surface area contributed by atoms with Crippen LogP contribution in [0.1, 0.15) is 30.6 Å². The summed E-state index contributed by atoms with van der Waals surface area (Å²) in [6.07, 6.45) is 0.472. The summed E-state index contributed by atoms with van der Waals surface area (Å²) in [5.74, 6) is 1.04. The molecule has 0 spiro atoms. The fraction of sp³-hybridized carbons (Fsp3) is 0.625. The highest BCUT2D eigenvalue weighted by Crippen LogP contribution is 2.30. The number of nitrogens with zero attached hydrogens (tertiary/aromatic N) is 1. The van der Waals surface area contributed by atoms with Gasteiger partial charge in [-0.3, -0.25) is 0 Å². The predicted molar refractivity (Wildman–Crippen MR) is 86.5 cm³/mol. The molecule has 0 aliphatic carbocycles. The first kappa shape index (κ1) is 15.8. The molecule has 112 valence electrons. The van der Waals surface area contributed by atoms with Gasteiger partial charge in [0.1, 0.15) is 0 Å². The highest BCUT2D eigenvalue weighted by Gasteiger charge is 2.16. The van der Waals surface area contributed by atoms with E-state index in [0.717, 1.165) is 50.5 Å². The Hall–Kier alpha value is -0.550. The van der Waals surface area contributed by atoms with Crippen LogP contribution in [0.5, 0.6) is 0 Å². The summed E-state index contributed by atoms with van der Waals surface area (Å²) in [6.45, 7) is 9.55. The lowest BCUT2D eigenvalue weighted by Gasteiger charge is -2.28. The van der Waals surface area contributed by atoms with Gasteiger partial charge in [-0.25, -0.2) is 0 Å². The van der Waals surface area contributed by atoms with Crippen molar-refractivity contribution in [2.45, 2.75) is 31.3 Å². The molecule has 1 atom stereocenters. The van der Waals surface area contributed by atoms with Gasteiger partial charge in [0.15, 0.2) is 0 Å². The van der Waals surface area contributed by atoms with E-state index in [2.05, 4.69) is 42.3 Å². The van der Waals surface area contributed by atoms with Crippen LogP contribution in [-0.4, -0.2) is 48.5 Å². The summed E-state index contributed by atoms with van der Waals surface area (Å²) in [6, 6.07) is 6.41. The van der Waals surface area contributed by atoms with Crippen LogP contribution in [0.3, 0.4) is 0 Å². The first-order valence-electron chi connectivity index (χ1n) is 7.55. The topological polar surface area (TPSA) is 35.5 Å². The van der Waals surface area contributed by atoms with Gasteiger partial charge in [0.2, 0.25) is 0 Å². The molecule has 20 heavy (non-hydrogen) atoms. The van der Waals surface area contributed by atoms with E-state index in [4.69, 9.17) is 0 Å². The van der Waals surface area contributed by atoms with Gasteiger partial charge in [-0.2, -0.15) is 0 Å². The Labute approximate surface area is 126 Å². The number of aliphatic hydroxyl groups is 1. The van der Waals surface area contributed by atoms with E-state index in [1.165, 1.54) is 10.5 Å². The Morgan fingerprint density at radius 1 is 1.35 bits per heavy atom. The molecule has 1 fully saturated rings. The van der Waals surface area contributed by atoms with Crippen LogP contribution < -0.4 is 5.32 Å². The summed E-state index contributed by atoms with van der Waals surface area (Å²) in [5.41, 5.74) is 2.33. The molecule has 0 saturated carbocycles. The van der Waals surface area contributed by atoms with Crippen LogP contribution in [-0.2, 0) is 0 Å². The van der Waals surface area contributed by atoms with Crippen LogP contribution in [0.15, 0.2) is 23.1 Å². The molecule has 3 nitrogen and oxygen atoms in total. The van der Waals surface area contributed by atoms with E-state index in [0.29, 0.717) is 0 Å². The fourth-order valence-corrected chi connectivity index (χ4v) is 3.45. The number of nitrogens with one attached hydrogen (secondary N) is 1. The molecular weight excluding hydrogens is 268 g/mol. The van der Waals surface area contributed by atoms with Gasteiger partial charge in [-0.05, 0) is 30.7 Å². The van der Waals surface area contributed by atoms with Gasteiger partial charge in [0.25, 0.3) is 0 Å². The summed E-state index contributed by atoms with van der Waals surface area (Å²) in [4.78, 5) is 3.66. The molecule has 1 heterocycles. The number of hydrogen-bond donors (Lipinski definition) is 2. The van der Waals surface area contributed by atoms with E-state index in [9.17, 15) is 5.11 Å². The Balaban J connectivity index is 1.96. The van der Waals surface area contributed by atoms with Gasteiger partial charge >= 0.3 is 0 Å². The van der Waals surface area contributed by atoms with Crippen molar-refractivity contribution in [3.05, 3.63) is 29.3 Å². The number of aryl methyl sites for hydroxylation is 1. The van der Waals surface area contributed by atoms with Gasteiger partial charge in [-0.1, -0.05) is 24.6 Å². The first-order valence-corrected chi connectivity index (χ1v) is 8.53. The lowest BCUT2D eigenvalue weighted by Crippen LogP contribution is -2.44. The van der Waals surface area contributed by atoms with Crippen molar-refractivity contribution in [3.8, 4) is 0 Å². The molecular formula is C16H26N2OS. The second-order valence-electron chi connectivity index (χ2n) is 5.37. The monoisotopic (exact) mass is 294 g/mol. The van der Waals surface area contributed by atoms with E-state index < -0.39 is 0 Å². The lowest BCUT2D eigenvalue weighted by molar-refractivity contribution is 0.134. The molecule has 4 heteroatoms. The first-order chi connectivity index (χ1) is 9.70. The summed E-state index contributed by atoms with van der Waals surface area (Å²) in [7, 11) is 0. The number of aliphatic hydroxyl groups excluding tert-OH is 1. The third kappa shape index (κ3) is 4.48. The van der Waals surface area contributed by atoms with E-state index in [1.807, 2.05) is 11.8 Å². The number of benzene rings is 1. The average molecular weight is 294 g/mol. The van der Waals surface area contributed by atoms with Crippen LogP contribution >= 0.6 is 11.8 Å². The molecule has 1 aromatic rings. The summed E-state index contributed by atoms with van der Waals surface area (Å²) < 4.78 is 0. The molecule has 1 aromatic carbocycles. The second-order valence-corrected chi connectivity index (χ2v) is 6.68. The van der Waals surface area contributed by atoms with Crippen LogP contribution in [0.25, 0.3) is 0 Å². The lowest BCUT2D eigenvalue weighted by atomic mass is 10.0. The standard InChI is InChI=1S/C16H26N2OS/c1-3-20-16-5-4-13(2)12-14(16)15(19)6-9-18-10-7-17-8-11-18/h4-5,12,15,17,19H,3,6-11H2,1-2H3. The Morgan fingerprint density at radius 2 is 2.10 bits per heavy atom. The van der Waals surface area contributed by atoms with E-state index in [-0.39, 0.29) is 6.10 Å². The number of hydrogen-bond acceptors (Lipinski definition) is 4. The zero-order valence-electron chi connectivity index (χ0n) is 12.6. The highest BCUT2D eigenvalue weighted by atomic mass is 32.2. The van der Waals surface area contributed by atoms with Gasteiger partial charge in [-0.15, -0.1) is 11.8 Å². The number of thioether (sulfide) groups is 1. The molecule has 0 radical (unpaired) electrons. The minimum absolute atomic E-state index is 0.348. The Kier molecular flexibility index (Phi) is 6.36. The quantitative estimate of drug-likeness (QED) is 0.790. The van der Waals surface area contributed by atoms with Crippen LogP contribution in [0.4, 0.5) is 0 Å². The minimum Gasteiger partial charge on any atom is -0.388 e. The largest absolute Gasteiger partial charge is 0.388 e. The smallest absolute Gasteiger partial charge is 0.0813 e. The normalized spacial score (nSPS) is 18.1. The maximum atomic E-state index is 10.5. The molecule has 0 aromatic heterocycles. The fourth-order valence-electron chi connectivity index (χ4n) is 2.61. The maximum absolute atomic E-state index is 10.5. The highest BCUT2D eigenvalue weighted by molar-refractivity contribution is 7.99. The van der Waals surface area contributed by atoms with Crippen molar-refractivity contribution in [2.24, 2.45) is 0 Å². The van der Waals surface area contributed by atoms with Gasteiger partial charge in [0, 0.05) is 37.6 Å². The molecule has 0 bridgehead atoms. The zero-order valence-corrected chi connectivity index (χ0v) is 13.4. The van der Waals surface area contributed by atoms with Crippen molar-refractivity contribution in [1.82, 2.24) is 10.2 Å². The number of piperazine rings is 1. The molecule has 1 aliphatic rings. The van der Waals surface area contributed by atoms with Crippen molar-refractivity contribution in [3.63, 3.8) is 0 Å². The van der Waals surface area contributed by atoms with Gasteiger partial charge < -0.3 is 15.3 Å². The van der Waals surface area contributed by atoms with Crippen molar-refractivity contribution in [1.29, 1.82) is 0 Å². The molecule has 1 saturated heterocycles. The van der Waals surface area contributed by atoms with Crippen LogP contribution in [0.2, 0.25) is 0 Å². The van der Waals surface area contributed by atoms with Crippen molar-refractivity contribution >= 4 is 11.8 Å². The Morgan fingerprint density at radius 3 is 2.80 bits per heavy atom. The third-order valence-corrected chi connectivity index (χ3v) is 4.72. The van der Waals surface area contributed by atoms with Gasteiger partial charge in [0.05, 0.1) is 6.10 Å². The van der Waals surface area contributed by atoms with E-state index >= 15 is 0 Å². The molecule has 1 unspecified atom stereocenters. The molecule has 2 rings (SSSR count). The van der Waals surface area contributed by atoms with E-state index in [1.54, 1.807) is 0 Å². The van der Waals surface area contributed by atoms with Crippen molar-refractivity contribution in [2.75, 3.05) is 38.5 Å². The molecule has 0 amide bonds. The summed E-state index contributed by atoms with van der Waals surface area (Å²) in [5, 5.41) is 13.9. The molecule has 1 aliphatic heterocycles. The minimum atomic E-state index is -0.348. The zero-order chi connectivity index (χ0) is 14.4. The summed E-state index contributed by atoms with van der Waals surface area (Å²) >= 11 is 1.82. The SMILES string of the molecule is CCSc1ccc(C)cc1C(O)CCN1CCNCC1. The van der Waals surface area contributed by atoms with Crippen molar-refractivity contribution < 1.29 is 5.11 Å². The Bertz CT molecular complexity index is 419. The number of rotatable bonds is 6.